The normalized spacial score (nSPS) is 20.6. The van der Waals surface area contributed by atoms with Crippen molar-refractivity contribution in [1.82, 2.24) is 10.2 Å². The predicted molar refractivity (Wildman–Crippen MR) is 65.5 cm³/mol. The molecule has 3 heteroatoms. The van der Waals surface area contributed by atoms with Gasteiger partial charge < -0.3 is 10.2 Å². The third-order valence-electron chi connectivity index (χ3n) is 3.83. The number of nitrogens with one attached hydrogen (secondary N) is 1. The molecule has 0 aromatic heterocycles. The molecular formula is C11H22N2S. The van der Waals surface area contributed by atoms with E-state index >= 15 is 0 Å². The second-order valence-electron chi connectivity index (χ2n) is 4.25. The van der Waals surface area contributed by atoms with Crippen molar-refractivity contribution in [2.24, 2.45) is 5.41 Å². The fourth-order valence-electron chi connectivity index (χ4n) is 2.30. The molecule has 0 amide bonds. The second kappa shape index (κ2) is 4.96. The number of hydrogen-bond donors (Lipinski definition) is 1. The van der Waals surface area contributed by atoms with E-state index in [1.54, 1.807) is 0 Å². The zero-order valence-corrected chi connectivity index (χ0v) is 10.4. The van der Waals surface area contributed by atoms with Crippen molar-refractivity contribution in [3.05, 3.63) is 0 Å². The van der Waals surface area contributed by atoms with Crippen LogP contribution in [0.15, 0.2) is 0 Å². The van der Waals surface area contributed by atoms with Crippen LogP contribution >= 0.6 is 12.2 Å². The molecule has 1 aliphatic rings. The van der Waals surface area contributed by atoms with Crippen LogP contribution in [0.25, 0.3) is 0 Å². The van der Waals surface area contributed by atoms with Crippen LogP contribution in [0.1, 0.15) is 39.5 Å². The number of nitrogens with zero attached hydrogens (tertiary/aromatic N) is 1. The van der Waals surface area contributed by atoms with Gasteiger partial charge in [0, 0.05) is 20.1 Å². The lowest BCUT2D eigenvalue weighted by atomic mass is 9.74. The zero-order chi connectivity index (χ0) is 10.6. The Balaban J connectivity index is 2.48. The zero-order valence-electron chi connectivity index (χ0n) is 9.60. The van der Waals surface area contributed by atoms with Crippen LogP contribution in [0, 0.1) is 5.41 Å². The standard InChI is InChI=1S/C11H22N2S/c1-4-11(5-2)6-8-13(9-7-11)10(14)12-3/h4-9H2,1-3H3,(H,12,14). The first-order valence-corrected chi connectivity index (χ1v) is 6.05. The Morgan fingerprint density at radius 3 is 2.14 bits per heavy atom. The van der Waals surface area contributed by atoms with Gasteiger partial charge in [0.15, 0.2) is 5.11 Å². The smallest absolute Gasteiger partial charge is 0.168 e. The summed E-state index contributed by atoms with van der Waals surface area (Å²) in [5.74, 6) is 0. The van der Waals surface area contributed by atoms with Crippen molar-refractivity contribution in [2.75, 3.05) is 20.1 Å². The minimum absolute atomic E-state index is 0.597. The number of rotatable bonds is 2. The van der Waals surface area contributed by atoms with Crippen LogP contribution in [-0.4, -0.2) is 30.1 Å². The highest BCUT2D eigenvalue weighted by molar-refractivity contribution is 7.80. The van der Waals surface area contributed by atoms with Crippen molar-refractivity contribution in [2.45, 2.75) is 39.5 Å². The van der Waals surface area contributed by atoms with E-state index in [-0.39, 0.29) is 0 Å². The highest BCUT2D eigenvalue weighted by Gasteiger charge is 2.31. The molecule has 1 heterocycles. The Hall–Kier alpha value is -0.310. The third-order valence-corrected chi connectivity index (χ3v) is 4.29. The molecule has 0 aromatic carbocycles. The molecule has 14 heavy (non-hydrogen) atoms. The average Bonchev–Trinajstić information content (AvgIpc) is 2.28. The lowest BCUT2D eigenvalue weighted by molar-refractivity contribution is 0.135. The molecule has 0 aromatic rings. The minimum atomic E-state index is 0.597. The van der Waals surface area contributed by atoms with Crippen LogP contribution < -0.4 is 5.32 Å². The summed E-state index contributed by atoms with van der Waals surface area (Å²) in [5, 5.41) is 3.96. The summed E-state index contributed by atoms with van der Waals surface area (Å²) in [5.41, 5.74) is 0.597. The largest absolute Gasteiger partial charge is 0.366 e. The van der Waals surface area contributed by atoms with Crippen LogP contribution in [0.2, 0.25) is 0 Å². The lowest BCUT2D eigenvalue weighted by Crippen LogP contribution is -2.46. The Morgan fingerprint density at radius 1 is 1.29 bits per heavy atom. The molecule has 1 fully saturated rings. The molecule has 0 unspecified atom stereocenters. The molecule has 0 bridgehead atoms. The molecule has 0 atom stereocenters. The molecule has 0 saturated carbocycles. The molecule has 2 nitrogen and oxygen atoms in total. The summed E-state index contributed by atoms with van der Waals surface area (Å²) in [6.45, 7) is 6.88. The Labute approximate surface area is 93.1 Å². The average molecular weight is 214 g/mol. The van der Waals surface area contributed by atoms with Gasteiger partial charge in [-0.15, -0.1) is 0 Å². The fraction of sp³-hybridized carbons (Fsp3) is 0.909. The van der Waals surface area contributed by atoms with Crippen molar-refractivity contribution >= 4 is 17.3 Å². The molecule has 0 spiro atoms. The summed E-state index contributed by atoms with van der Waals surface area (Å²) in [4.78, 5) is 2.29. The van der Waals surface area contributed by atoms with Crippen LogP contribution in [0.4, 0.5) is 0 Å². The quantitative estimate of drug-likeness (QED) is 0.711. The molecule has 0 aliphatic carbocycles. The van der Waals surface area contributed by atoms with Gasteiger partial charge in [0.05, 0.1) is 0 Å². The van der Waals surface area contributed by atoms with Crippen LogP contribution in [0.5, 0.6) is 0 Å². The van der Waals surface area contributed by atoms with E-state index in [1.807, 2.05) is 7.05 Å². The first kappa shape index (κ1) is 11.8. The van der Waals surface area contributed by atoms with Gasteiger partial charge in [-0.05, 0) is 30.5 Å². The third kappa shape index (κ3) is 2.38. The molecule has 82 valence electrons. The van der Waals surface area contributed by atoms with Gasteiger partial charge >= 0.3 is 0 Å². The maximum atomic E-state index is 5.24. The summed E-state index contributed by atoms with van der Waals surface area (Å²) in [6, 6.07) is 0. The van der Waals surface area contributed by atoms with Gasteiger partial charge in [-0.1, -0.05) is 26.7 Å². The maximum absolute atomic E-state index is 5.24. The van der Waals surface area contributed by atoms with Gasteiger partial charge in [0.2, 0.25) is 0 Å². The van der Waals surface area contributed by atoms with E-state index in [1.165, 1.54) is 25.7 Å². The number of thiocarbonyl (C=S) groups is 1. The number of hydrogen-bond acceptors (Lipinski definition) is 1. The van der Waals surface area contributed by atoms with E-state index in [0.29, 0.717) is 5.41 Å². The highest BCUT2D eigenvalue weighted by atomic mass is 32.1. The van der Waals surface area contributed by atoms with Crippen molar-refractivity contribution < 1.29 is 0 Å². The SMILES string of the molecule is CCC1(CC)CCN(C(=S)NC)CC1. The summed E-state index contributed by atoms with van der Waals surface area (Å²) in [6.07, 6.45) is 5.21. The first-order chi connectivity index (χ1) is 6.67. The molecule has 1 aliphatic heterocycles. The summed E-state index contributed by atoms with van der Waals surface area (Å²) in [7, 11) is 1.91. The highest BCUT2D eigenvalue weighted by Crippen LogP contribution is 2.37. The minimum Gasteiger partial charge on any atom is -0.366 e. The van der Waals surface area contributed by atoms with Gasteiger partial charge in [-0.25, -0.2) is 0 Å². The van der Waals surface area contributed by atoms with E-state index < -0.39 is 0 Å². The molecule has 1 saturated heterocycles. The number of piperidine rings is 1. The molecular weight excluding hydrogens is 192 g/mol. The van der Waals surface area contributed by atoms with Crippen LogP contribution in [0.3, 0.4) is 0 Å². The lowest BCUT2D eigenvalue weighted by Gasteiger charge is -2.41. The molecule has 1 rings (SSSR count). The Morgan fingerprint density at radius 2 is 1.79 bits per heavy atom. The van der Waals surface area contributed by atoms with Gasteiger partial charge in [-0.3, -0.25) is 0 Å². The molecule has 1 N–H and O–H groups in total. The maximum Gasteiger partial charge on any atom is 0.168 e. The predicted octanol–water partition coefficient (Wildman–Crippen LogP) is 2.39. The fourth-order valence-corrected chi connectivity index (χ4v) is 2.48. The monoisotopic (exact) mass is 214 g/mol. The summed E-state index contributed by atoms with van der Waals surface area (Å²) < 4.78 is 0. The topological polar surface area (TPSA) is 15.3 Å². The van der Waals surface area contributed by atoms with Crippen molar-refractivity contribution in [3.8, 4) is 0 Å². The van der Waals surface area contributed by atoms with Gasteiger partial charge in [0.25, 0.3) is 0 Å². The first-order valence-electron chi connectivity index (χ1n) is 5.64. The van der Waals surface area contributed by atoms with Gasteiger partial charge in [-0.2, -0.15) is 0 Å². The van der Waals surface area contributed by atoms with E-state index in [2.05, 4.69) is 24.1 Å². The van der Waals surface area contributed by atoms with Crippen molar-refractivity contribution in [1.29, 1.82) is 0 Å². The number of likely N-dealkylation sites (tertiary alicyclic amines) is 1. The van der Waals surface area contributed by atoms with Crippen LogP contribution in [-0.2, 0) is 0 Å². The summed E-state index contributed by atoms with van der Waals surface area (Å²) >= 11 is 5.24. The van der Waals surface area contributed by atoms with E-state index in [9.17, 15) is 0 Å². The van der Waals surface area contributed by atoms with E-state index in [0.717, 1.165) is 18.2 Å². The van der Waals surface area contributed by atoms with Gasteiger partial charge in [0.1, 0.15) is 0 Å². The second-order valence-corrected chi connectivity index (χ2v) is 4.64. The Kier molecular flexibility index (Phi) is 4.17. The van der Waals surface area contributed by atoms with E-state index in [4.69, 9.17) is 12.2 Å². The van der Waals surface area contributed by atoms with Crippen molar-refractivity contribution in [3.63, 3.8) is 0 Å². The molecule has 0 radical (unpaired) electrons. The Bertz CT molecular complexity index is 189.